The molecule has 8 nitrogen and oxygen atoms in total. The number of methoxy groups -OCH3 is 3. The zero-order valence-electron chi connectivity index (χ0n) is 18.2. The molecule has 1 aliphatic heterocycles. The van der Waals surface area contributed by atoms with Gasteiger partial charge in [-0.1, -0.05) is 0 Å². The van der Waals surface area contributed by atoms with Crippen LogP contribution >= 0.6 is 0 Å². The second-order valence-corrected chi connectivity index (χ2v) is 9.03. The van der Waals surface area contributed by atoms with E-state index in [4.69, 9.17) is 14.2 Å². The highest BCUT2D eigenvalue weighted by Crippen LogP contribution is 2.31. The van der Waals surface area contributed by atoms with Gasteiger partial charge in [0.05, 0.1) is 31.8 Å². The molecule has 3 rings (SSSR count). The summed E-state index contributed by atoms with van der Waals surface area (Å²) in [4.78, 5) is 14.6. The van der Waals surface area contributed by atoms with Crippen molar-refractivity contribution in [1.82, 2.24) is 9.62 Å². The van der Waals surface area contributed by atoms with E-state index in [9.17, 15) is 13.2 Å². The molecule has 1 amide bonds. The van der Waals surface area contributed by atoms with Crippen molar-refractivity contribution in [2.75, 3.05) is 34.4 Å². The summed E-state index contributed by atoms with van der Waals surface area (Å²) in [6, 6.07) is 8.89. The quantitative estimate of drug-likeness (QED) is 0.667. The van der Waals surface area contributed by atoms with Gasteiger partial charge in [0.1, 0.15) is 17.2 Å². The van der Waals surface area contributed by atoms with Crippen molar-refractivity contribution in [2.24, 2.45) is 0 Å². The van der Waals surface area contributed by atoms with Gasteiger partial charge in [0.2, 0.25) is 10.0 Å². The number of ether oxygens (including phenoxy) is 3. The van der Waals surface area contributed by atoms with Crippen LogP contribution in [-0.2, 0) is 10.0 Å². The number of carbonyl (C=O) groups excluding carboxylic acids is 1. The van der Waals surface area contributed by atoms with Crippen LogP contribution in [0.5, 0.6) is 17.2 Å². The Morgan fingerprint density at radius 3 is 2.23 bits per heavy atom. The van der Waals surface area contributed by atoms with Crippen LogP contribution in [0.3, 0.4) is 0 Å². The standard InChI is InChI=1S/C22H28N2O6S/c1-15(18-13-16(28-2)7-9-20(18)29-3)23-31(26,27)17-8-10-21(30-4)19(14-17)22(25)24-11-5-6-12-24/h7-10,13-15,23H,5-6,11-12H2,1-4H3/t15-/m0/s1. The van der Waals surface area contributed by atoms with Gasteiger partial charge in [-0.15, -0.1) is 0 Å². The highest BCUT2D eigenvalue weighted by molar-refractivity contribution is 7.89. The largest absolute Gasteiger partial charge is 0.497 e. The average molecular weight is 449 g/mol. The molecule has 0 aliphatic carbocycles. The van der Waals surface area contributed by atoms with Gasteiger partial charge < -0.3 is 19.1 Å². The third kappa shape index (κ3) is 4.94. The van der Waals surface area contributed by atoms with Crippen LogP contribution in [0.4, 0.5) is 0 Å². The number of hydrogen-bond donors (Lipinski definition) is 1. The number of benzene rings is 2. The van der Waals surface area contributed by atoms with E-state index in [0.29, 0.717) is 35.9 Å². The molecule has 31 heavy (non-hydrogen) atoms. The number of rotatable bonds is 8. The van der Waals surface area contributed by atoms with Crippen molar-refractivity contribution in [3.05, 3.63) is 47.5 Å². The van der Waals surface area contributed by atoms with Crippen LogP contribution in [0.1, 0.15) is 41.7 Å². The van der Waals surface area contributed by atoms with Crippen molar-refractivity contribution >= 4 is 15.9 Å². The van der Waals surface area contributed by atoms with Crippen molar-refractivity contribution in [3.8, 4) is 17.2 Å². The fraction of sp³-hybridized carbons (Fsp3) is 0.409. The van der Waals surface area contributed by atoms with E-state index >= 15 is 0 Å². The fourth-order valence-corrected chi connectivity index (χ4v) is 4.90. The van der Waals surface area contributed by atoms with E-state index in [-0.39, 0.29) is 16.4 Å². The Kier molecular flexibility index (Phi) is 7.07. The summed E-state index contributed by atoms with van der Waals surface area (Å²) in [5, 5.41) is 0. The topological polar surface area (TPSA) is 94.2 Å². The predicted molar refractivity (Wildman–Crippen MR) is 116 cm³/mol. The molecule has 1 atom stereocenters. The maximum absolute atomic E-state index is 13.1. The highest BCUT2D eigenvalue weighted by atomic mass is 32.2. The van der Waals surface area contributed by atoms with Crippen molar-refractivity contribution < 1.29 is 27.4 Å². The Balaban J connectivity index is 1.91. The molecule has 1 fully saturated rings. The van der Waals surface area contributed by atoms with Crippen LogP contribution < -0.4 is 18.9 Å². The molecule has 0 saturated carbocycles. The Labute approximate surface area is 183 Å². The molecule has 0 unspecified atom stereocenters. The minimum Gasteiger partial charge on any atom is -0.497 e. The summed E-state index contributed by atoms with van der Waals surface area (Å²) in [6.07, 6.45) is 1.88. The molecule has 168 valence electrons. The Morgan fingerprint density at radius 2 is 1.61 bits per heavy atom. The third-order valence-electron chi connectivity index (χ3n) is 5.34. The number of hydrogen-bond acceptors (Lipinski definition) is 6. The lowest BCUT2D eigenvalue weighted by Gasteiger charge is -2.20. The first kappa shape index (κ1) is 22.9. The molecular formula is C22H28N2O6S. The predicted octanol–water partition coefficient (Wildman–Crippen LogP) is 2.99. The summed E-state index contributed by atoms with van der Waals surface area (Å²) >= 11 is 0. The van der Waals surface area contributed by atoms with Crippen LogP contribution in [-0.4, -0.2) is 53.6 Å². The lowest BCUT2D eigenvalue weighted by Crippen LogP contribution is -2.29. The van der Waals surface area contributed by atoms with Gasteiger partial charge in [0.15, 0.2) is 0 Å². The van der Waals surface area contributed by atoms with E-state index < -0.39 is 16.1 Å². The molecule has 2 aromatic carbocycles. The van der Waals surface area contributed by atoms with Crippen molar-refractivity contribution in [1.29, 1.82) is 0 Å². The second-order valence-electron chi connectivity index (χ2n) is 7.31. The zero-order chi connectivity index (χ0) is 22.6. The Morgan fingerprint density at radius 1 is 0.968 bits per heavy atom. The van der Waals surface area contributed by atoms with E-state index in [0.717, 1.165) is 12.8 Å². The second kappa shape index (κ2) is 9.57. The van der Waals surface area contributed by atoms with Crippen LogP contribution in [0.15, 0.2) is 41.3 Å². The normalized spacial score (nSPS) is 14.9. The van der Waals surface area contributed by atoms with Gasteiger partial charge in [0, 0.05) is 24.7 Å². The molecule has 2 aromatic rings. The maximum Gasteiger partial charge on any atom is 0.257 e. The molecule has 1 heterocycles. The summed E-state index contributed by atoms with van der Waals surface area (Å²) in [5.41, 5.74) is 0.867. The summed E-state index contributed by atoms with van der Waals surface area (Å²) < 4.78 is 44.8. The van der Waals surface area contributed by atoms with Crippen LogP contribution in [0.25, 0.3) is 0 Å². The first-order valence-corrected chi connectivity index (χ1v) is 11.5. The number of likely N-dealkylation sites (tertiary alicyclic amines) is 1. The fourth-order valence-electron chi connectivity index (χ4n) is 3.65. The van der Waals surface area contributed by atoms with Gasteiger partial charge in [-0.25, -0.2) is 13.1 Å². The molecule has 9 heteroatoms. The molecule has 1 saturated heterocycles. The van der Waals surface area contributed by atoms with Crippen molar-refractivity contribution in [3.63, 3.8) is 0 Å². The zero-order valence-corrected chi connectivity index (χ0v) is 19.0. The molecule has 0 bridgehead atoms. The minimum atomic E-state index is -3.93. The molecule has 0 radical (unpaired) electrons. The first-order chi connectivity index (χ1) is 14.8. The molecule has 1 aliphatic rings. The number of carbonyl (C=O) groups is 1. The average Bonchev–Trinajstić information content (AvgIpc) is 3.32. The maximum atomic E-state index is 13.1. The summed E-state index contributed by atoms with van der Waals surface area (Å²) in [6.45, 7) is 3.03. The Bertz CT molecular complexity index is 1050. The van der Waals surface area contributed by atoms with Gasteiger partial charge in [-0.3, -0.25) is 4.79 Å². The summed E-state index contributed by atoms with van der Waals surface area (Å²) in [5.74, 6) is 1.24. The molecule has 1 N–H and O–H groups in total. The van der Waals surface area contributed by atoms with E-state index in [2.05, 4.69) is 4.72 Å². The number of sulfonamides is 1. The molecule has 0 spiro atoms. The lowest BCUT2D eigenvalue weighted by molar-refractivity contribution is 0.0789. The van der Waals surface area contributed by atoms with Crippen LogP contribution in [0.2, 0.25) is 0 Å². The Hall–Kier alpha value is -2.78. The minimum absolute atomic E-state index is 0.00967. The van der Waals surface area contributed by atoms with Gasteiger partial charge >= 0.3 is 0 Å². The molecular weight excluding hydrogens is 420 g/mol. The van der Waals surface area contributed by atoms with E-state index in [1.807, 2.05) is 0 Å². The van der Waals surface area contributed by atoms with E-state index in [1.54, 1.807) is 30.0 Å². The SMILES string of the molecule is COc1ccc(OC)c([C@H](C)NS(=O)(=O)c2ccc(OC)c(C(=O)N3CCCC3)c2)c1. The first-order valence-electron chi connectivity index (χ1n) is 10.0. The highest BCUT2D eigenvalue weighted by Gasteiger charge is 2.26. The number of nitrogens with one attached hydrogen (secondary N) is 1. The van der Waals surface area contributed by atoms with Gasteiger partial charge in [0.25, 0.3) is 5.91 Å². The van der Waals surface area contributed by atoms with E-state index in [1.165, 1.54) is 39.5 Å². The van der Waals surface area contributed by atoms with Gasteiger partial charge in [-0.05, 0) is 56.2 Å². The smallest absolute Gasteiger partial charge is 0.257 e. The van der Waals surface area contributed by atoms with Crippen molar-refractivity contribution in [2.45, 2.75) is 30.7 Å². The third-order valence-corrected chi connectivity index (χ3v) is 6.88. The van der Waals surface area contributed by atoms with Crippen LogP contribution in [0, 0.1) is 0 Å². The summed E-state index contributed by atoms with van der Waals surface area (Å²) in [7, 11) is 0.587. The number of nitrogens with zero attached hydrogens (tertiary/aromatic N) is 1. The monoisotopic (exact) mass is 448 g/mol. The van der Waals surface area contributed by atoms with Gasteiger partial charge in [-0.2, -0.15) is 0 Å². The molecule has 0 aromatic heterocycles. The lowest BCUT2D eigenvalue weighted by atomic mass is 10.1. The number of amides is 1.